The highest BCUT2D eigenvalue weighted by molar-refractivity contribution is 6.31. The fourth-order valence-corrected chi connectivity index (χ4v) is 1.82. The van der Waals surface area contributed by atoms with Gasteiger partial charge in [0.2, 0.25) is 0 Å². The van der Waals surface area contributed by atoms with Crippen LogP contribution in [0.1, 0.15) is 26.3 Å². The molecule has 0 atom stereocenters. The van der Waals surface area contributed by atoms with E-state index < -0.39 is 0 Å². The van der Waals surface area contributed by atoms with Gasteiger partial charge < -0.3 is 15.2 Å². The van der Waals surface area contributed by atoms with Gasteiger partial charge in [0.25, 0.3) is 0 Å². The van der Waals surface area contributed by atoms with Crippen molar-refractivity contribution in [2.45, 2.75) is 32.8 Å². The van der Waals surface area contributed by atoms with Gasteiger partial charge in [-0.1, -0.05) is 17.7 Å². The molecule has 0 amide bonds. The minimum atomic E-state index is -0.141. The van der Waals surface area contributed by atoms with Crippen LogP contribution in [0.25, 0.3) is 0 Å². The Hall–Kier alpha value is -0.770. The van der Waals surface area contributed by atoms with Crippen molar-refractivity contribution in [3.05, 3.63) is 28.8 Å². The number of nitrogens with two attached hydrogens (primary N) is 1. The number of hydrogen-bond donors (Lipinski definition) is 1. The van der Waals surface area contributed by atoms with Gasteiger partial charge in [0, 0.05) is 10.6 Å². The monoisotopic (exact) mass is 271 g/mol. The van der Waals surface area contributed by atoms with E-state index in [0.717, 1.165) is 17.7 Å². The van der Waals surface area contributed by atoms with Crippen LogP contribution in [0.15, 0.2) is 18.2 Å². The molecule has 1 rings (SSSR count). The molecule has 0 unspecified atom stereocenters. The lowest BCUT2D eigenvalue weighted by Crippen LogP contribution is -2.22. The molecule has 4 heteroatoms. The SMILES string of the molecule is CC(C)(C)OCCOc1cccc(Cl)c1CCN. The van der Waals surface area contributed by atoms with Crippen LogP contribution in [-0.2, 0) is 11.2 Å². The molecule has 0 aliphatic heterocycles. The van der Waals surface area contributed by atoms with Crippen molar-refractivity contribution in [1.82, 2.24) is 0 Å². The van der Waals surface area contributed by atoms with Crippen LogP contribution >= 0.6 is 11.6 Å². The first-order valence-corrected chi connectivity index (χ1v) is 6.56. The average Bonchev–Trinajstić information content (AvgIpc) is 2.27. The van der Waals surface area contributed by atoms with Crippen molar-refractivity contribution < 1.29 is 9.47 Å². The summed E-state index contributed by atoms with van der Waals surface area (Å²) < 4.78 is 11.3. The first-order valence-electron chi connectivity index (χ1n) is 6.18. The van der Waals surface area contributed by atoms with Gasteiger partial charge in [-0.15, -0.1) is 0 Å². The molecule has 0 radical (unpaired) electrons. The number of ether oxygens (including phenoxy) is 2. The summed E-state index contributed by atoms with van der Waals surface area (Å²) in [6.07, 6.45) is 0.717. The zero-order valence-corrected chi connectivity index (χ0v) is 12.1. The molecule has 0 saturated carbocycles. The molecule has 0 saturated heterocycles. The Morgan fingerprint density at radius 1 is 1.22 bits per heavy atom. The third kappa shape index (κ3) is 5.25. The van der Waals surface area contributed by atoms with E-state index in [1.165, 1.54) is 0 Å². The van der Waals surface area contributed by atoms with Crippen LogP contribution in [0, 0.1) is 0 Å². The summed E-state index contributed by atoms with van der Waals surface area (Å²) in [6.45, 7) is 7.68. The third-order valence-corrected chi connectivity index (χ3v) is 2.70. The lowest BCUT2D eigenvalue weighted by Gasteiger charge is -2.20. The van der Waals surface area contributed by atoms with E-state index in [0.29, 0.717) is 24.8 Å². The van der Waals surface area contributed by atoms with Crippen LogP contribution in [0.5, 0.6) is 5.75 Å². The van der Waals surface area contributed by atoms with Gasteiger partial charge in [0.1, 0.15) is 12.4 Å². The number of halogens is 1. The standard InChI is InChI=1S/C14H22ClNO2/c1-14(2,3)18-10-9-17-13-6-4-5-12(15)11(13)7-8-16/h4-6H,7-10,16H2,1-3H3. The van der Waals surface area contributed by atoms with E-state index >= 15 is 0 Å². The first kappa shape index (κ1) is 15.3. The van der Waals surface area contributed by atoms with Gasteiger partial charge in [0.05, 0.1) is 12.2 Å². The Labute approximate surface area is 114 Å². The van der Waals surface area contributed by atoms with Crippen LogP contribution in [0.2, 0.25) is 5.02 Å². The van der Waals surface area contributed by atoms with Crippen molar-refractivity contribution in [2.24, 2.45) is 5.73 Å². The maximum atomic E-state index is 6.13. The molecule has 3 nitrogen and oxygen atoms in total. The number of hydrogen-bond acceptors (Lipinski definition) is 3. The zero-order valence-electron chi connectivity index (χ0n) is 11.3. The van der Waals surface area contributed by atoms with Crippen molar-refractivity contribution in [3.8, 4) is 5.75 Å². The molecule has 0 aliphatic rings. The summed E-state index contributed by atoms with van der Waals surface area (Å²) >= 11 is 6.13. The predicted octanol–water partition coefficient (Wildman–Crippen LogP) is 3.04. The Balaban J connectivity index is 2.54. The maximum absolute atomic E-state index is 6.13. The van der Waals surface area contributed by atoms with Crippen molar-refractivity contribution in [3.63, 3.8) is 0 Å². The van der Waals surface area contributed by atoms with Crippen molar-refractivity contribution >= 4 is 11.6 Å². The molecule has 0 spiro atoms. The molecule has 102 valence electrons. The Morgan fingerprint density at radius 3 is 2.56 bits per heavy atom. The highest BCUT2D eigenvalue weighted by atomic mass is 35.5. The van der Waals surface area contributed by atoms with E-state index in [-0.39, 0.29) is 5.60 Å². The van der Waals surface area contributed by atoms with Gasteiger partial charge >= 0.3 is 0 Å². The van der Waals surface area contributed by atoms with Crippen molar-refractivity contribution in [2.75, 3.05) is 19.8 Å². The Bertz CT molecular complexity index is 375. The fraction of sp³-hybridized carbons (Fsp3) is 0.571. The van der Waals surface area contributed by atoms with E-state index in [1.807, 2.05) is 39.0 Å². The maximum Gasteiger partial charge on any atom is 0.124 e. The smallest absolute Gasteiger partial charge is 0.124 e. The molecular weight excluding hydrogens is 250 g/mol. The van der Waals surface area contributed by atoms with Crippen molar-refractivity contribution in [1.29, 1.82) is 0 Å². The first-order chi connectivity index (χ1) is 8.44. The minimum Gasteiger partial charge on any atom is -0.491 e. The second-order valence-electron chi connectivity index (χ2n) is 5.06. The number of rotatable bonds is 6. The molecule has 0 fully saturated rings. The van der Waals surface area contributed by atoms with E-state index in [1.54, 1.807) is 0 Å². The normalized spacial score (nSPS) is 11.6. The predicted molar refractivity (Wildman–Crippen MR) is 75.4 cm³/mol. The van der Waals surface area contributed by atoms with Crippen LogP contribution < -0.4 is 10.5 Å². The zero-order chi connectivity index (χ0) is 13.6. The third-order valence-electron chi connectivity index (χ3n) is 2.35. The highest BCUT2D eigenvalue weighted by Gasteiger charge is 2.11. The number of benzene rings is 1. The quantitative estimate of drug-likeness (QED) is 0.809. The molecule has 0 heterocycles. The average molecular weight is 272 g/mol. The van der Waals surface area contributed by atoms with Gasteiger partial charge in [0.15, 0.2) is 0 Å². The summed E-state index contributed by atoms with van der Waals surface area (Å²) in [4.78, 5) is 0. The molecule has 0 bridgehead atoms. The summed E-state index contributed by atoms with van der Waals surface area (Å²) in [7, 11) is 0. The Kier molecular flexibility index (Phi) is 5.93. The molecule has 2 N–H and O–H groups in total. The van der Waals surface area contributed by atoms with E-state index in [2.05, 4.69) is 0 Å². The van der Waals surface area contributed by atoms with Gasteiger partial charge in [-0.3, -0.25) is 0 Å². The minimum absolute atomic E-state index is 0.141. The lowest BCUT2D eigenvalue weighted by atomic mass is 10.1. The van der Waals surface area contributed by atoms with E-state index in [4.69, 9.17) is 26.8 Å². The van der Waals surface area contributed by atoms with Crippen LogP contribution in [0.4, 0.5) is 0 Å². The largest absolute Gasteiger partial charge is 0.491 e. The molecule has 0 aliphatic carbocycles. The van der Waals surface area contributed by atoms with Crippen LogP contribution in [-0.4, -0.2) is 25.4 Å². The second kappa shape index (κ2) is 6.98. The molecule has 18 heavy (non-hydrogen) atoms. The summed E-state index contributed by atoms with van der Waals surface area (Å²) in [5, 5.41) is 0.703. The van der Waals surface area contributed by atoms with Gasteiger partial charge in [-0.25, -0.2) is 0 Å². The molecular formula is C14H22ClNO2. The van der Waals surface area contributed by atoms with Gasteiger partial charge in [-0.2, -0.15) is 0 Å². The Morgan fingerprint density at radius 2 is 1.94 bits per heavy atom. The van der Waals surface area contributed by atoms with Crippen LogP contribution in [0.3, 0.4) is 0 Å². The summed E-state index contributed by atoms with van der Waals surface area (Å²) in [5.41, 5.74) is 6.40. The van der Waals surface area contributed by atoms with E-state index in [9.17, 15) is 0 Å². The topological polar surface area (TPSA) is 44.5 Å². The second-order valence-corrected chi connectivity index (χ2v) is 5.47. The molecule has 1 aromatic carbocycles. The summed E-state index contributed by atoms with van der Waals surface area (Å²) in [6, 6.07) is 5.64. The molecule has 0 aromatic heterocycles. The molecule has 1 aromatic rings. The highest BCUT2D eigenvalue weighted by Crippen LogP contribution is 2.26. The fourth-order valence-electron chi connectivity index (χ4n) is 1.56. The lowest BCUT2D eigenvalue weighted by molar-refractivity contribution is -0.0163. The summed E-state index contributed by atoms with van der Waals surface area (Å²) in [5.74, 6) is 0.797. The van der Waals surface area contributed by atoms with Gasteiger partial charge in [-0.05, 0) is 45.9 Å².